The molecule has 124 valence electrons. The lowest BCUT2D eigenvalue weighted by Crippen LogP contribution is -2.32. The maximum Gasteiger partial charge on any atom is 0.0814 e. The van der Waals surface area contributed by atoms with Crippen LogP contribution in [-0.4, -0.2) is 38.0 Å². The molecule has 1 N–H and O–H groups in total. The van der Waals surface area contributed by atoms with Gasteiger partial charge in [-0.25, -0.2) is 0 Å². The monoisotopic (exact) mass is 297 g/mol. The Kier molecular flexibility index (Phi) is 7.48. The van der Waals surface area contributed by atoms with Crippen molar-refractivity contribution in [3.63, 3.8) is 0 Å². The van der Waals surface area contributed by atoms with Gasteiger partial charge in [0, 0.05) is 6.54 Å². The lowest BCUT2D eigenvalue weighted by molar-refractivity contribution is -0.0687. The smallest absolute Gasteiger partial charge is 0.0814 e. The van der Waals surface area contributed by atoms with Crippen LogP contribution in [0.15, 0.2) is 0 Å². The number of ether oxygens (including phenoxy) is 2. The standard InChI is InChI=1S/C18H35NO2/c1-4-15-7-5-6-8-18(15)20-13-17-10-9-16(21-17)12-19-11-14(2)3/h14-19H,4-13H2,1-3H3. The summed E-state index contributed by atoms with van der Waals surface area (Å²) in [6, 6.07) is 0. The molecule has 0 aromatic carbocycles. The average Bonchev–Trinajstić information content (AvgIpc) is 2.93. The second-order valence-corrected chi connectivity index (χ2v) is 7.33. The number of hydrogen-bond donors (Lipinski definition) is 1. The highest BCUT2D eigenvalue weighted by Crippen LogP contribution is 2.30. The van der Waals surface area contributed by atoms with Crippen molar-refractivity contribution in [2.75, 3.05) is 19.7 Å². The number of rotatable bonds is 8. The third-order valence-corrected chi connectivity index (χ3v) is 4.98. The zero-order chi connectivity index (χ0) is 15.1. The van der Waals surface area contributed by atoms with E-state index in [1.807, 2.05) is 0 Å². The lowest BCUT2D eigenvalue weighted by atomic mass is 9.85. The fraction of sp³-hybridized carbons (Fsp3) is 1.00. The van der Waals surface area contributed by atoms with Crippen LogP contribution in [0, 0.1) is 11.8 Å². The van der Waals surface area contributed by atoms with Crippen molar-refractivity contribution in [1.29, 1.82) is 0 Å². The van der Waals surface area contributed by atoms with E-state index in [9.17, 15) is 0 Å². The van der Waals surface area contributed by atoms with E-state index in [-0.39, 0.29) is 0 Å². The van der Waals surface area contributed by atoms with Crippen LogP contribution in [0.1, 0.15) is 65.7 Å². The highest BCUT2D eigenvalue weighted by molar-refractivity contribution is 4.78. The van der Waals surface area contributed by atoms with Crippen molar-refractivity contribution >= 4 is 0 Å². The molecule has 0 aromatic rings. The maximum atomic E-state index is 6.22. The van der Waals surface area contributed by atoms with Gasteiger partial charge in [-0.1, -0.05) is 40.0 Å². The molecule has 1 aliphatic heterocycles. The van der Waals surface area contributed by atoms with Gasteiger partial charge >= 0.3 is 0 Å². The molecule has 0 spiro atoms. The van der Waals surface area contributed by atoms with E-state index in [1.54, 1.807) is 0 Å². The van der Waals surface area contributed by atoms with Crippen LogP contribution in [-0.2, 0) is 9.47 Å². The first-order chi connectivity index (χ1) is 10.2. The Morgan fingerprint density at radius 1 is 1.10 bits per heavy atom. The summed E-state index contributed by atoms with van der Waals surface area (Å²) in [5.41, 5.74) is 0. The molecule has 0 aromatic heterocycles. The first-order valence-corrected chi connectivity index (χ1v) is 9.16. The third-order valence-electron chi connectivity index (χ3n) is 4.98. The van der Waals surface area contributed by atoms with Gasteiger partial charge in [-0.05, 0) is 44.1 Å². The van der Waals surface area contributed by atoms with E-state index in [4.69, 9.17) is 9.47 Å². The van der Waals surface area contributed by atoms with E-state index in [0.29, 0.717) is 24.2 Å². The third kappa shape index (κ3) is 5.88. The predicted octanol–water partition coefficient (Wildman–Crippen LogP) is 3.77. The Morgan fingerprint density at radius 3 is 2.62 bits per heavy atom. The Bertz CT molecular complexity index is 282. The fourth-order valence-electron chi connectivity index (χ4n) is 3.68. The predicted molar refractivity (Wildman–Crippen MR) is 87.6 cm³/mol. The average molecular weight is 297 g/mol. The summed E-state index contributed by atoms with van der Waals surface area (Å²) in [4.78, 5) is 0. The zero-order valence-corrected chi connectivity index (χ0v) is 14.3. The molecule has 4 unspecified atom stereocenters. The quantitative estimate of drug-likeness (QED) is 0.740. The van der Waals surface area contributed by atoms with Crippen molar-refractivity contribution < 1.29 is 9.47 Å². The van der Waals surface area contributed by atoms with Gasteiger partial charge in [0.2, 0.25) is 0 Å². The minimum atomic E-state index is 0.329. The molecule has 0 bridgehead atoms. The highest BCUT2D eigenvalue weighted by atomic mass is 16.5. The summed E-state index contributed by atoms with van der Waals surface area (Å²) >= 11 is 0. The van der Waals surface area contributed by atoms with Crippen molar-refractivity contribution in [3.8, 4) is 0 Å². The molecule has 2 rings (SSSR count). The number of nitrogens with one attached hydrogen (secondary N) is 1. The van der Waals surface area contributed by atoms with Crippen LogP contribution in [0.3, 0.4) is 0 Å². The van der Waals surface area contributed by atoms with Crippen LogP contribution in [0.4, 0.5) is 0 Å². The van der Waals surface area contributed by atoms with Crippen molar-refractivity contribution in [3.05, 3.63) is 0 Å². The summed E-state index contributed by atoms with van der Waals surface area (Å²) < 4.78 is 12.3. The topological polar surface area (TPSA) is 30.5 Å². The van der Waals surface area contributed by atoms with Crippen LogP contribution in [0.5, 0.6) is 0 Å². The number of hydrogen-bond acceptors (Lipinski definition) is 3. The van der Waals surface area contributed by atoms with Gasteiger partial charge in [-0.15, -0.1) is 0 Å². The normalized spacial score (nSPS) is 33.7. The molecule has 1 saturated heterocycles. The highest BCUT2D eigenvalue weighted by Gasteiger charge is 2.29. The van der Waals surface area contributed by atoms with Gasteiger partial charge in [0.1, 0.15) is 0 Å². The largest absolute Gasteiger partial charge is 0.375 e. The second kappa shape index (κ2) is 9.12. The van der Waals surface area contributed by atoms with Crippen LogP contribution >= 0.6 is 0 Å². The molecule has 3 heteroatoms. The molecule has 2 fully saturated rings. The van der Waals surface area contributed by atoms with Gasteiger partial charge in [0.15, 0.2) is 0 Å². The van der Waals surface area contributed by atoms with E-state index in [2.05, 4.69) is 26.1 Å². The van der Waals surface area contributed by atoms with Crippen LogP contribution < -0.4 is 5.32 Å². The molecule has 1 aliphatic carbocycles. The molecular formula is C18H35NO2. The first kappa shape index (κ1) is 17.2. The minimum absolute atomic E-state index is 0.329. The van der Waals surface area contributed by atoms with Gasteiger partial charge in [0.25, 0.3) is 0 Å². The van der Waals surface area contributed by atoms with Gasteiger partial charge in [0.05, 0.1) is 24.9 Å². The summed E-state index contributed by atoms with van der Waals surface area (Å²) in [5.74, 6) is 1.49. The molecule has 3 nitrogen and oxygen atoms in total. The summed E-state index contributed by atoms with van der Waals surface area (Å²) in [5, 5.41) is 3.50. The van der Waals surface area contributed by atoms with Crippen molar-refractivity contribution in [1.82, 2.24) is 5.32 Å². The second-order valence-electron chi connectivity index (χ2n) is 7.33. The van der Waals surface area contributed by atoms with E-state index in [0.717, 1.165) is 32.0 Å². The Labute approximate surface area is 131 Å². The summed E-state index contributed by atoms with van der Waals surface area (Å²) in [6.45, 7) is 9.68. The molecule has 1 saturated carbocycles. The van der Waals surface area contributed by atoms with Gasteiger partial charge < -0.3 is 14.8 Å². The van der Waals surface area contributed by atoms with Crippen molar-refractivity contribution in [2.45, 2.75) is 84.0 Å². The van der Waals surface area contributed by atoms with E-state index < -0.39 is 0 Å². The first-order valence-electron chi connectivity index (χ1n) is 9.16. The fourth-order valence-corrected chi connectivity index (χ4v) is 3.68. The van der Waals surface area contributed by atoms with Crippen molar-refractivity contribution in [2.24, 2.45) is 11.8 Å². The van der Waals surface area contributed by atoms with E-state index in [1.165, 1.54) is 38.5 Å². The van der Waals surface area contributed by atoms with E-state index >= 15 is 0 Å². The maximum absolute atomic E-state index is 6.22. The molecule has 4 atom stereocenters. The Hall–Kier alpha value is -0.120. The molecule has 1 heterocycles. The van der Waals surface area contributed by atoms with Crippen LogP contribution in [0.25, 0.3) is 0 Å². The molecule has 0 amide bonds. The lowest BCUT2D eigenvalue weighted by Gasteiger charge is -2.31. The molecule has 0 radical (unpaired) electrons. The SMILES string of the molecule is CCC1CCCCC1OCC1CCC(CNCC(C)C)O1. The molecule has 2 aliphatic rings. The Balaban J connectivity index is 1.61. The summed E-state index contributed by atoms with van der Waals surface area (Å²) in [6.07, 6.45) is 10.2. The summed E-state index contributed by atoms with van der Waals surface area (Å²) in [7, 11) is 0. The van der Waals surface area contributed by atoms with Crippen LogP contribution in [0.2, 0.25) is 0 Å². The van der Waals surface area contributed by atoms with Gasteiger partial charge in [-0.2, -0.15) is 0 Å². The van der Waals surface area contributed by atoms with Gasteiger partial charge in [-0.3, -0.25) is 0 Å². The molecular weight excluding hydrogens is 262 g/mol. The zero-order valence-electron chi connectivity index (χ0n) is 14.3. The minimum Gasteiger partial charge on any atom is -0.375 e. The Morgan fingerprint density at radius 2 is 1.86 bits per heavy atom. The molecule has 21 heavy (non-hydrogen) atoms.